The van der Waals surface area contributed by atoms with E-state index in [0.717, 1.165) is 9.66 Å². The van der Waals surface area contributed by atoms with Crippen LogP contribution in [0.1, 0.15) is 16.9 Å². The van der Waals surface area contributed by atoms with Crippen LogP contribution in [0.15, 0.2) is 59.5 Å². The summed E-state index contributed by atoms with van der Waals surface area (Å²) in [5, 5.41) is 9.65. The van der Waals surface area contributed by atoms with Crippen molar-refractivity contribution in [3.05, 3.63) is 60.3 Å². The number of anilines is 1. The van der Waals surface area contributed by atoms with Crippen molar-refractivity contribution in [1.29, 1.82) is 5.26 Å². The van der Waals surface area contributed by atoms with Crippen molar-refractivity contribution in [3.63, 3.8) is 0 Å². The first-order valence-electron chi connectivity index (χ1n) is 9.22. The van der Waals surface area contributed by atoms with Gasteiger partial charge in [-0.2, -0.15) is 5.26 Å². The molecule has 2 heterocycles. The van der Waals surface area contributed by atoms with Crippen LogP contribution in [0, 0.1) is 11.3 Å². The summed E-state index contributed by atoms with van der Waals surface area (Å²) < 4.78 is 33.3. The molecule has 1 fully saturated rings. The van der Waals surface area contributed by atoms with Gasteiger partial charge < -0.3 is 9.64 Å². The fraction of sp³-hybridized carbons (Fsp3) is 0.238. The van der Waals surface area contributed by atoms with Crippen molar-refractivity contribution < 1.29 is 17.9 Å². The van der Waals surface area contributed by atoms with Crippen LogP contribution < -0.4 is 4.90 Å². The van der Waals surface area contributed by atoms with E-state index >= 15 is 0 Å². The van der Waals surface area contributed by atoms with Crippen LogP contribution in [0.3, 0.4) is 0 Å². The zero-order chi connectivity index (χ0) is 20.4. The van der Waals surface area contributed by atoms with E-state index < -0.39 is 22.2 Å². The molecule has 0 radical (unpaired) electrons. The van der Waals surface area contributed by atoms with E-state index in [0.29, 0.717) is 37.2 Å². The third-order valence-corrected chi connectivity index (χ3v) is 6.68. The minimum atomic E-state index is -4.02. The van der Waals surface area contributed by atoms with E-state index in [-0.39, 0.29) is 10.6 Å². The molecule has 0 aliphatic carbocycles. The number of ketones is 1. The average Bonchev–Trinajstić information content (AvgIpc) is 3.16. The van der Waals surface area contributed by atoms with Crippen molar-refractivity contribution in [1.82, 2.24) is 3.97 Å². The van der Waals surface area contributed by atoms with Gasteiger partial charge in [0.2, 0.25) is 0 Å². The SMILES string of the molecule is N#CCC(=O)c1cc2c(N3CCOCC3)cccc2n1S(=O)(=O)c1ccccc1. The third kappa shape index (κ3) is 3.39. The molecule has 8 heteroatoms. The molecular weight excluding hydrogens is 390 g/mol. The fourth-order valence-electron chi connectivity index (χ4n) is 3.58. The van der Waals surface area contributed by atoms with Crippen molar-refractivity contribution in [3.8, 4) is 6.07 Å². The Bertz CT molecular complexity index is 1200. The summed E-state index contributed by atoms with van der Waals surface area (Å²) in [6, 6.07) is 16.8. The lowest BCUT2D eigenvalue weighted by Gasteiger charge is -2.29. The lowest BCUT2D eigenvalue weighted by molar-refractivity contribution is 0.0992. The molecule has 1 aliphatic rings. The molecule has 0 bridgehead atoms. The second-order valence-corrected chi connectivity index (χ2v) is 8.47. The Morgan fingerprint density at radius 3 is 2.48 bits per heavy atom. The largest absolute Gasteiger partial charge is 0.378 e. The van der Waals surface area contributed by atoms with E-state index in [4.69, 9.17) is 10.00 Å². The van der Waals surface area contributed by atoms with Gasteiger partial charge in [0.05, 0.1) is 29.7 Å². The summed E-state index contributed by atoms with van der Waals surface area (Å²) in [5.41, 5.74) is 1.25. The van der Waals surface area contributed by atoms with Gasteiger partial charge in [-0.1, -0.05) is 24.3 Å². The monoisotopic (exact) mass is 409 g/mol. The van der Waals surface area contributed by atoms with Crippen LogP contribution in [0.4, 0.5) is 5.69 Å². The van der Waals surface area contributed by atoms with Crippen LogP contribution in [-0.2, 0) is 14.8 Å². The molecule has 1 aromatic heterocycles. The van der Waals surface area contributed by atoms with Crippen molar-refractivity contribution in [2.45, 2.75) is 11.3 Å². The first-order valence-corrected chi connectivity index (χ1v) is 10.7. The molecule has 7 nitrogen and oxygen atoms in total. The zero-order valence-corrected chi connectivity index (χ0v) is 16.4. The van der Waals surface area contributed by atoms with Gasteiger partial charge in [-0.15, -0.1) is 0 Å². The highest BCUT2D eigenvalue weighted by Gasteiger charge is 2.28. The van der Waals surface area contributed by atoms with E-state index in [1.807, 2.05) is 12.1 Å². The molecule has 0 saturated carbocycles. The number of aromatic nitrogens is 1. The van der Waals surface area contributed by atoms with Gasteiger partial charge in [0.25, 0.3) is 10.0 Å². The van der Waals surface area contributed by atoms with Crippen LogP contribution in [-0.4, -0.2) is 44.5 Å². The van der Waals surface area contributed by atoms with E-state index in [9.17, 15) is 13.2 Å². The number of carbonyl (C=O) groups is 1. The van der Waals surface area contributed by atoms with Crippen LogP contribution in [0.25, 0.3) is 10.9 Å². The number of nitriles is 1. The molecule has 148 valence electrons. The standard InChI is InChI=1S/C21H19N3O4S/c22-10-9-21(25)20-15-17-18(23-11-13-28-14-12-23)7-4-8-19(17)24(20)29(26,27)16-5-2-1-3-6-16/h1-8,15H,9,11-14H2. The van der Waals surface area contributed by atoms with Gasteiger partial charge in [0.15, 0.2) is 5.78 Å². The predicted molar refractivity (Wildman–Crippen MR) is 109 cm³/mol. The molecule has 1 aliphatic heterocycles. The zero-order valence-electron chi connectivity index (χ0n) is 15.6. The molecule has 4 rings (SSSR count). The number of Topliss-reactive ketones (excluding diaryl/α,β-unsaturated/α-hetero) is 1. The Morgan fingerprint density at radius 2 is 1.79 bits per heavy atom. The number of morpholine rings is 1. The molecule has 0 spiro atoms. The maximum Gasteiger partial charge on any atom is 0.268 e. The fourth-order valence-corrected chi connectivity index (χ4v) is 5.13. The number of benzene rings is 2. The summed E-state index contributed by atoms with van der Waals surface area (Å²) >= 11 is 0. The number of fused-ring (bicyclic) bond motifs is 1. The van der Waals surface area contributed by atoms with E-state index in [2.05, 4.69) is 4.90 Å². The molecule has 3 aromatic rings. The van der Waals surface area contributed by atoms with Gasteiger partial charge in [0, 0.05) is 24.2 Å². The quantitative estimate of drug-likeness (QED) is 0.602. The molecule has 0 atom stereocenters. The molecule has 1 saturated heterocycles. The molecule has 29 heavy (non-hydrogen) atoms. The minimum Gasteiger partial charge on any atom is -0.378 e. The average molecular weight is 409 g/mol. The molecule has 2 aromatic carbocycles. The number of hydrogen-bond donors (Lipinski definition) is 0. The highest BCUT2D eigenvalue weighted by molar-refractivity contribution is 7.90. The summed E-state index contributed by atoms with van der Waals surface area (Å²) in [5.74, 6) is -0.531. The number of hydrogen-bond acceptors (Lipinski definition) is 6. The van der Waals surface area contributed by atoms with Crippen LogP contribution in [0.2, 0.25) is 0 Å². The maximum absolute atomic E-state index is 13.4. The van der Waals surface area contributed by atoms with Crippen molar-refractivity contribution >= 4 is 32.4 Å². The third-order valence-electron chi connectivity index (χ3n) is 4.94. The smallest absolute Gasteiger partial charge is 0.268 e. The molecule has 0 N–H and O–H groups in total. The van der Waals surface area contributed by atoms with Crippen molar-refractivity contribution in [2.75, 3.05) is 31.2 Å². The van der Waals surface area contributed by atoms with Gasteiger partial charge in [-0.25, -0.2) is 12.4 Å². The highest BCUT2D eigenvalue weighted by Crippen LogP contribution is 2.33. The van der Waals surface area contributed by atoms with Gasteiger partial charge in [-0.05, 0) is 30.3 Å². The normalized spacial score (nSPS) is 14.7. The highest BCUT2D eigenvalue weighted by atomic mass is 32.2. The summed E-state index contributed by atoms with van der Waals surface area (Å²) in [7, 11) is -4.02. The van der Waals surface area contributed by atoms with E-state index in [1.54, 1.807) is 36.4 Å². The van der Waals surface area contributed by atoms with Crippen LogP contribution >= 0.6 is 0 Å². The topological polar surface area (TPSA) is 92.4 Å². The first-order chi connectivity index (χ1) is 14.0. The summed E-state index contributed by atoms with van der Waals surface area (Å²) in [6.45, 7) is 2.52. The Kier molecular flexibility index (Phi) is 5.09. The molecule has 0 amide bonds. The lowest BCUT2D eigenvalue weighted by Crippen LogP contribution is -2.36. The maximum atomic E-state index is 13.4. The Hall–Kier alpha value is -3.15. The number of ether oxygens (including phenoxy) is 1. The summed E-state index contributed by atoms with van der Waals surface area (Å²) in [4.78, 5) is 14.9. The minimum absolute atomic E-state index is 0.00823. The number of rotatable bonds is 5. The van der Waals surface area contributed by atoms with Crippen LogP contribution in [0.5, 0.6) is 0 Å². The van der Waals surface area contributed by atoms with E-state index in [1.165, 1.54) is 12.1 Å². The lowest BCUT2D eigenvalue weighted by atomic mass is 10.1. The second-order valence-electron chi connectivity index (χ2n) is 6.68. The second kappa shape index (κ2) is 7.70. The first kappa shape index (κ1) is 19.2. The predicted octanol–water partition coefficient (Wildman–Crippen LogP) is 2.81. The van der Waals surface area contributed by atoms with Gasteiger partial charge in [0.1, 0.15) is 12.1 Å². The Labute approximate surface area is 168 Å². The molecular formula is C21H19N3O4S. The summed E-state index contributed by atoms with van der Waals surface area (Å²) in [6.07, 6.45) is -0.395. The van der Waals surface area contributed by atoms with Gasteiger partial charge >= 0.3 is 0 Å². The Morgan fingerprint density at radius 1 is 1.07 bits per heavy atom. The number of carbonyl (C=O) groups excluding carboxylic acids is 1. The van der Waals surface area contributed by atoms with Crippen molar-refractivity contribution in [2.24, 2.45) is 0 Å². The molecule has 0 unspecified atom stereocenters. The Balaban J connectivity index is 1.98. The van der Waals surface area contributed by atoms with Gasteiger partial charge in [-0.3, -0.25) is 4.79 Å². The number of nitrogens with zero attached hydrogens (tertiary/aromatic N) is 3.